The van der Waals surface area contributed by atoms with Crippen molar-refractivity contribution in [3.63, 3.8) is 0 Å². The van der Waals surface area contributed by atoms with E-state index in [0.29, 0.717) is 19.6 Å². The predicted molar refractivity (Wildman–Crippen MR) is 68.9 cm³/mol. The van der Waals surface area contributed by atoms with Gasteiger partial charge in [-0.3, -0.25) is 4.79 Å². The van der Waals surface area contributed by atoms with Gasteiger partial charge in [-0.15, -0.1) is 0 Å². The number of benzene rings is 1. The van der Waals surface area contributed by atoms with Crippen LogP contribution in [0.4, 0.5) is 0 Å². The molecule has 0 amide bonds. The molecule has 0 aliphatic heterocycles. The van der Waals surface area contributed by atoms with Crippen molar-refractivity contribution in [2.24, 2.45) is 5.73 Å². The molecule has 1 aromatic rings. The van der Waals surface area contributed by atoms with Gasteiger partial charge in [-0.2, -0.15) is 0 Å². The molecule has 0 aromatic heterocycles. The molecule has 0 radical (unpaired) electrons. The van der Waals surface area contributed by atoms with Gasteiger partial charge < -0.3 is 10.5 Å². The summed E-state index contributed by atoms with van der Waals surface area (Å²) in [4.78, 5) is 11.4. The SMILES string of the molecule is CC(C)(C)c1ccc(CC(=O)OCCN)cc1. The first-order valence-corrected chi connectivity index (χ1v) is 5.88. The molecule has 0 spiro atoms. The van der Waals surface area contributed by atoms with Crippen LogP contribution in [-0.4, -0.2) is 19.1 Å². The number of ether oxygens (including phenoxy) is 1. The second kappa shape index (κ2) is 5.82. The lowest BCUT2D eigenvalue weighted by molar-refractivity contribution is -0.142. The van der Waals surface area contributed by atoms with E-state index in [9.17, 15) is 4.79 Å². The summed E-state index contributed by atoms with van der Waals surface area (Å²) in [5.74, 6) is -0.223. The fraction of sp³-hybridized carbons (Fsp3) is 0.500. The number of carbonyl (C=O) groups excluding carboxylic acids is 1. The Morgan fingerprint density at radius 3 is 2.29 bits per heavy atom. The first kappa shape index (κ1) is 13.7. The summed E-state index contributed by atoms with van der Waals surface area (Å²) in [6.07, 6.45) is 0.310. The summed E-state index contributed by atoms with van der Waals surface area (Å²) in [6, 6.07) is 8.08. The lowest BCUT2D eigenvalue weighted by Crippen LogP contribution is -2.15. The molecule has 94 valence electrons. The van der Waals surface area contributed by atoms with Gasteiger partial charge in [0.05, 0.1) is 6.42 Å². The van der Waals surface area contributed by atoms with Crippen molar-refractivity contribution < 1.29 is 9.53 Å². The first-order valence-electron chi connectivity index (χ1n) is 5.88. The smallest absolute Gasteiger partial charge is 0.310 e. The molecule has 0 aliphatic carbocycles. The Kier molecular flexibility index (Phi) is 4.70. The van der Waals surface area contributed by atoms with Crippen molar-refractivity contribution in [3.8, 4) is 0 Å². The average molecular weight is 235 g/mol. The lowest BCUT2D eigenvalue weighted by Gasteiger charge is -2.19. The highest BCUT2D eigenvalue weighted by molar-refractivity contribution is 5.72. The van der Waals surface area contributed by atoms with Crippen molar-refractivity contribution in [2.45, 2.75) is 32.6 Å². The van der Waals surface area contributed by atoms with Crippen LogP contribution in [0.2, 0.25) is 0 Å². The lowest BCUT2D eigenvalue weighted by atomic mass is 9.86. The van der Waals surface area contributed by atoms with E-state index in [1.54, 1.807) is 0 Å². The molecule has 3 nitrogen and oxygen atoms in total. The predicted octanol–water partition coefficient (Wildman–Crippen LogP) is 2.03. The molecule has 2 N–H and O–H groups in total. The molecular formula is C14H21NO2. The van der Waals surface area contributed by atoms with Crippen molar-refractivity contribution in [1.29, 1.82) is 0 Å². The van der Waals surface area contributed by atoms with Crippen LogP contribution in [0.1, 0.15) is 31.9 Å². The third kappa shape index (κ3) is 4.57. The highest BCUT2D eigenvalue weighted by atomic mass is 16.5. The van der Waals surface area contributed by atoms with Crippen molar-refractivity contribution in [3.05, 3.63) is 35.4 Å². The third-order valence-corrected chi connectivity index (χ3v) is 2.55. The number of esters is 1. The van der Waals surface area contributed by atoms with E-state index in [1.165, 1.54) is 5.56 Å². The van der Waals surface area contributed by atoms with E-state index in [0.717, 1.165) is 5.56 Å². The third-order valence-electron chi connectivity index (χ3n) is 2.55. The monoisotopic (exact) mass is 235 g/mol. The van der Waals surface area contributed by atoms with Crippen molar-refractivity contribution in [2.75, 3.05) is 13.2 Å². The maximum Gasteiger partial charge on any atom is 0.310 e. The molecule has 0 bridgehead atoms. The molecule has 17 heavy (non-hydrogen) atoms. The standard InChI is InChI=1S/C14H21NO2/c1-14(2,3)12-6-4-11(5-7-12)10-13(16)17-9-8-15/h4-7H,8-10,15H2,1-3H3. The number of hydrogen-bond donors (Lipinski definition) is 1. The molecule has 0 fully saturated rings. The van der Waals surface area contributed by atoms with Gasteiger partial charge in [-0.1, -0.05) is 45.0 Å². The van der Waals surface area contributed by atoms with E-state index >= 15 is 0 Å². The zero-order valence-corrected chi connectivity index (χ0v) is 10.8. The van der Waals surface area contributed by atoms with Gasteiger partial charge in [0.2, 0.25) is 0 Å². The molecule has 0 atom stereocenters. The van der Waals surface area contributed by atoms with Gasteiger partial charge in [-0.25, -0.2) is 0 Å². The molecule has 1 aromatic carbocycles. The van der Waals surface area contributed by atoms with E-state index in [4.69, 9.17) is 10.5 Å². The number of carbonyl (C=O) groups is 1. The quantitative estimate of drug-likeness (QED) is 0.812. The summed E-state index contributed by atoms with van der Waals surface area (Å²) in [5.41, 5.74) is 7.63. The van der Waals surface area contributed by atoms with Crippen LogP contribution in [-0.2, 0) is 21.4 Å². The zero-order chi connectivity index (χ0) is 12.9. The van der Waals surface area contributed by atoms with Crippen LogP contribution < -0.4 is 5.73 Å². The van der Waals surface area contributed by atoms with Crippen molar-refractivity contribution in [1.82, 2.24) is 0 Å². The average Bonchev–Trinajstić information content (AvgIpc) is 2.26. The molecule has 0 heterocycles. The summed E-state index contributed by atoms with van der Waals surface area (Å²) < 4.78 is 4.93. The van der Waals surface area contributed by atoms with Gasteiger partial charge >= 0.3 is 5.97 Å². The molecular weight excluding hydrogens is 214 g/mol. The molecule has 0 aliphatic rings. The Balaban J connectivity index is 2.60. The van der Waals surface area contributed by atoms with Crippen LogP contribution in [0, 0.1) is 0 Å². The zero-order valence-electron chi connectivity index (χ0n) is 10.8. The minimum atomic E-state index is -0.223. The van der Waals surface area contributed by atoms with E-state index in [2.05, 4.69) is 32.9 Å². The highest BCUT2D eigenvalue weighted by Crippen LogP contribution is 2.22. The van der Waals surface area contributed by atoms with Crippen LogP contribution >= 0.6 is 0 Å². The van der Waals surface area contributed by atoms with Gasteiger partial charge in [0.15, 0.2) is 0 Å². The number of hydrogen-bond acceptors (Lipinski definition) is 3. The first-order chi connectivity index (χ1) is 7.93. The van der Waals surface area contributed by atoms with Crippen LogP contribution in [0.25, 0.3) is 0 Å². The minimum Gasteiger partial charge on any atom is -0.464 e. The highest BCUT2D eigenvalue weighted by Gasteiger charge is 2.13. The van der Waals surface area contributed by atoms with E-state index in [-0.39, 0.29) is 11.4 Å². The Bertz CT molecular complexity index is 363. The fourth-order valence-corrected chi connectivity index (χ4v) is 1.51. The normalized spacial score (nSPS) is 11.3. The molecule has 3 heteroatoms. The van der Waals surface area contributed by atoms with Gasteiger partial charge in [0.25, 0.3) is 0 Å². The molecule has 0 unspecified atom stereocenters. The molecule has 0 saturated heterocycles. The fourth-order valence-electron chi connectivity index (χ4n) is 1.51. The minimum absolute atomic E-state index is 0.137. The van der Waals surface area contributed by atoms with E-state index in [1.807, 2.05) is 12.1 Å². The summed E-state index contributed by atoms with van der Waals surface area (Å²) in [7, 11) is 0. The number of nitrogens with two attached hydrogens (primary N) is 1. The summed E-state index contributed by atoms with van der Waals surface area (Å²) in [5, 5.41) is 0. The van der Waals surface area contributed by atoms with Gasteiger partial charge in [0.1, 0.15) is 6.61 Å². The van der Waals surface area contributed by atoms with Crippen LogP contribution in [0.15, 0.2) is 24.3 Å². The number of rotatable bonds is 4. The largest absolute Gasteiger partial charge is 0.464 e. The maximum absolute atomic E-state index is 11.4. The molecule has 1 rings (SSSR count). The Hall–Kier alpha value is -1.35. The van der Waals surface area contributed by atoms with Crippen LogP contribution in [0.5, 0.6) is 0 Å². The van der Waals surface area contributed by atoms with E-state index < -0.39 is 0 Å². The summed E-state index contributed by atoms with van der Waals surface area (Å²) >= 11 is 0. The second-order valence-corrected chi connectivity index (χ2v) is 5.13. The Labute approximate surface area is 103 Å². The Morgan fingerprint density at radius 2 is 1.82 bits per heavy atom. The van der Waals surface area contributed by atoms with Gasteiger partial charge in [-0.05, 0) is 16.5 Å². The summed E-state index contributed by atoms with van der Waals surface area (Å²) in [6.45, 7) is 7.15. The maximum atomic E-state index is 11.4. The second-order valence-electron chi connectivity index (χ2n) is 5.13. The van der Waals surface area contributed by atoms with Crippen molar-refractivity contribution >= 4 is 5.97 Å². The topological polar surface area (TPSA) is 52.3 Å². The van der Waals surface area contributed by atoms with Gasteiger partial charge in [0, 0.05) is 6.54 Å². The van der Waals surface area contributed by atoms with Crippen LogP contribution in [0.3, 0.4) is 0 Å². The molecule has 0 saturated carbocycles. The Morgan fingerprint density at radius 1 is 1.24 bits per heavy atom.